The molecule has 2 aliphatic heterocycles. The topological polar surface area (TPSA) is 32.7 Å². The van der Waals surface area contributed by atoms with Crippen LogP contribution in [0.25, 0.3) is 6.08 Å². The molecule has 1 aromatic rings. The molecule has 20 heavy (non-hydrogen) atoms. The third-order valence-corrected chi connectivity index (χ3v) is 5.17. The van der Waals surface area contributed by atoms with E-state index in [1.807, 2.05) is 11.8 Å². The van der Waals surface area contributed by atoms with Gasteiger partial charge in [-0.1, -0.05) is 41.6 Å². The molecule has 104 valence electrons. The number of carbonyl (C=O) groups is 1. The fourth-order valence-electron chi connectivity index (χ4n) is 2.18. The van der Waals surface area contributed by atoms with Gasteiger partial charge in [0.05, 0.1) is 5.75 Å². The molecule has 0 saturated carbocycles. The number of benzene rings is 1. The highest BCUT2D eigenvalue weighted by molar-refractivity contribution is 8.14. The van der Waals surface area contributed by atoms with Crippen LogP contribution in [0.5, 0.6) is 0 Å². The zero-order chi connectivity index (χ0) is 13.9. The minimum atomic E-state index is -0.0158. The molecule has 0 aliphatic carbocycles. The third kappa shape index (κ3) is 3.10. The van der Waals surface area contributed by atoms with E-state index in [9.17, 15) is 4.79 Å². The van der Waals surface area contributed by atoms with Crippen molar-refractivity contribution in [2.75, 3.05) is 23.8 Å². The van der Waals surface area contributed by atoms with Gasteiger partial charge < -0.3 is 4.90 Å². The van der Waals surface area contributed by atoms with E-state index in [0.29, 0.717) is 5.75 Å². The highest BCUT2D eigenvalue weighted by Crippen LogP contribution is 2.27. The summed E-state index contributed by atoms with van der Waals surface area (Å²) in [6, 6.07) is 8.51. The molecule has 0 aromatic heterocycles. The van der Waals surface area contributed by atoms with Crippen molar-refractivity contribution in [1.82, 2.24) is 4.90 Å². The molecule has 0 radical (unpaired) electrons. The predicted octanol–water partition coefficient (Wildman–Crippen LogP) is 3.01. The van der Waals surface area contributed by atoms with Gasteiger partial charge in [-0.05, 0) is 18.6 Å². The van der Waals surface area contributed by atoms with Gasteiger partial charge in [-0.25, -0.2) is 0 Å². The summed E-state index contributed by atoms with van der Waals surface area (Å²) in [6.45, 7) is 3.02. The maximum atomic E-state index is 11.3. The van der Waals surface area contributed by atoms with Crippen LogP contribution in [-0.4, -0.2) is 39.8 Å². The summed E-state index contributed by atoms with van der Waals surface area (Å²) >= 11 is 3.48. The molecular formula is C15H16N2OS2. The van der Waals surface area contributed by atoms with Crippen LogP contribution in [0, 0.1) is 6.92 Å². The Balaban J connectivity index is 1.87. The number of amides is 1. The van der Waals surface area contributed by atoms with Crippen molar-refractivity contribution in [1.29, 1.82) is 0 Å². The molecule has 1 saturated heterocycles. The van der Waals surface area contributed by atoms with Gasteiger partial charge in [-0.3, -0.25) is 4.79 Å². The van der Waals surface area contributed by atoms with Gasteiger partial charge in [-0.15, -0.1) is 0 Å². The average molecular weight is 304 g/mol. The quantitative estimate of drug-likeness (QED) is 0.798. The number of rotatable bonds is 1. The Hall–Kier alpha value is -1.20. The lowest BCUT2D eigenvalue weighted by atomic mass is 10.1. The zero-order valence-corrected chi connectivity index (χ0v) is 13.0. The first-order valence-corrected chi connectivity index (χ1v) is 8.73. The maximum Gasteiger partial charge on any atom is 0.258 e. The van der Waals surface area contributed by atoms with E-state index in [0.717, 1.165) is 23.2 Å². The fraction of sp³-hybridized carbons (Fsp3) is 0.333. The molecule has 0 unspecified atom stereocenters. The van der Waals surface area contributed by atoms with Gasteiger partial charge in [0.25, 0.3) is 5.91 Å². The first-order chi connectivity index (χ1) is 9.72. The smallest absolute Gasteiger partial charge is 0.258 e. The van der Waals surface area contributed by atoms with Crippen LogP contribution in [0.15, 0.2) is 35.0 Å². The molecule has 0 spiro atoms. The predicted molar refractivity (Wildman–Crippen MR) is 88.1 cm³/mol. The summed E-state index contributed by atoms with van der Waals surface area (Å²) in [5, 5.41) is 0.869. The molecule has 0 atom stereocenters. The van der Waals surface area contributed by atoms with E-state index in [1.54, 1.807) is 11.8 Å². The molecule has 2 heterocycles. The average Bonchev–Trinajstić information content (AvgIpc) is 2.88. The van der Waals surface area contributed by atoms with Crippen molar-refractivity contribution in [3.05, 3.63) is 41.1 Å². The number of aliphatic imine (C=N–C) groups is 1. The van der Waals surface area contributed by atoms with Crippen LogP contribution < -0.4 is 0 Å². The minimum absolute atomic E-state index is 0.0158. The van der Waals surface area contributed by atoms with Gasteiger partial charge in [0.15, 0.2) is 5.17 Å². The Kier molecular flexibility index (Phi) is 4.17. The lowest BCUT2D eigenvalue weighted by Crippen LogP contribution is -2.34. The van der Waals surface area contributed by atoms with E-state index < -0.39 is 0 Å². The summed E-state index contributed by atoms with van der Waals surface area (Å²) in [5.41, 5.74) is 3.71. The standard InChI is InChI=1S/C15H16N2OS2/c1-11-2-4-12(5-3-11)8-13-9-19-7-6-17(13)15-16-14(18)10-20-15/h2-5,8H,6-7,9-10H2,1H3/b13-8+. The Morgan fingerprint density at radius 1 is 1.25 bits per heavy atom. The second-order valence-electron chi connectivity index (χ2n) is 4.83. The third-order valence-electron chi connectivity index (χ3n) is 3.24. The van der Waals surface area contributed by atoms with Crippen molar-refractivity contribution >= 4 is 40.7 Å². The Morgan fingerprint density at radius 3 is 2.75 bits per heavy atom. The minimum Gasteiger partial charge on any atom is -0.323 e. The summed E-state index contributed by atoms with van der Waals surface area (Å²) < 4.78 is 0. The van der Waals surface area contributed by atoms with Crippen molar-refractivity contribution in [3.8, 4) is 0 Å². The normalized spacial score (nSPS) is 21.4. The Bertz CT molecular complexity index is 578. The molecule has 3 nitrogen and oxygen atoms in total. The molecule has 3 rings (SSSR count). The van der Waals surface area contributed by atoms with Crippen LogP contribution >= 0.6 is 23.5 Å². The van der Waals surface area contributed by atoms with E-state index in [2.05, 4.69) is 47.2 Å². The highest BCUT2D eigenvalue weighted by atomic mass is 32.2. The van der Waals surface area contributed by atoms with E-state index >= 15 is 0 Å². The molecule has 2 aliphatic rings. The molecule has 1 amide bonds. The lowest BCUT2D eigenvalue weighted by molar-refractivity contribution is -0.115. The number of thioether (sulfide) groups is 2. The summed E-state index contributed by atoms with van der Waals surface area (Å²) in [7, 11) is 0. The van der Waals surface area contributed by atoms with Crippen molar-refractivity contribution < 1.29 is 4.79 Å². The summed E-state index contributed by atoms with van der Waals surface area (Å²) in [5.74, 6) is 2.52. The van der Waals surface area contributed by atoms with Crippen LogP contribution in [0.4, 0.5) is 0 Å². The first kappa shape index (κ1) is 13.8. The fourth-order valence-corrected chi connectivity index (χ4v) is 3.94. The van der Waals surface area contributed by atoms with Crippen molar-refractivity contribution in [2.24, 2.45) is 4.99 Å². The van der Waals surface area contributed by atoms with Gasteiger partial charge >= 0.3 is 0 Å². The second-order valence-corrected chi connectivity index (χ2v) is 6.88. The van der Waals surface area contributed by atoms with E-state index in [-0.39, 0.29) is 5.91 Å². The zero-order valence-electron chi connectivity index (χ0n) is 11.3. The van der Waals surface area contributed by atoms with Crippen molar-refractivity contribution in [2.45, 2.75) is 6.92 Å². The van der Waals surface area contributed by atoms with Gasteiger partial charge in [0, 0.05) is 23.7 Å². The monoisotopic (exact) mass is 304 g/mol. The lowest BCUT2D eigenvalue weighted by Gasteiger charge is -2.30. The number of carbonyl (C=O) groups excluding carboxylic acids is 1. The first-order valence-electron chi connectivity index (χ1n) is 6.59. The number of hydrogen-bond donors (Lipinski definition) is 0. The van der Waals surface area contributed by atoms with Crippen molar-refractivity contribution in [3.63, 3.8) is 0 Å². The van der Waals surface area contributed by atoms with Crippen LogP contribution in [-0.2, 0) is 4.79 Å². The maximum absolute atomic E-state index is 11.3. The molecule has 0 N–H and O–H groups in total. The molecular weight excluding hydrogens is 288 g/mol. The SMILES string of the molecule is Cc1ccc(/C=C2\CSCCN2C2=NC(=O)CS2)cc1. The molecule has 1 fully saturated rings. The van der Waals surface area contributed by atoms with Crippen LogP contribution in [0.1, 0.15) is 11.1 Å². The van der Waals surface area contributed by atoms with Gasteiger partial charge in [0.1, 0.15) is 0 Å². The van der Waals surface area contributed by atoms with E-state index in [4.69, 9.17) is 0 Å². The summed E-state index contributed by atoms with van der Waals surface area (Å²) in [6.07, 6.45) is 2.21. The Labute approximate surface area is 127 Å². The number of amidine groups is 1. The molecule has 5 heteroatoms. The molecule has 1 aromatic carbocycles. The van der Waals surface area contributed by atoms with Crippen LogP contribution in [0.3, 0.4) is 0 Å². The number of aryl methyl sites for hydroxylation is 1. The number of hydrogen-bond acceptors (Lipinski definition) is 4. The number of nitrogens with zero attached hydrogens (tertiary/aromatic N) is 2. The van der Waals surface area contributed by atoms with Crippen LogP contribution in [0.2, 0.25) is 0 Å². The second kappa shape index (κ2) is 6.06. The Morgan fingerprint density at radius 2 is 2.05 bits per heavy atom. The van der Waals surface area contributed by atoms with Gasteiger partial charge in [-0.2, -0.15) is 16.8 Å². The highest BCUT2D eigenvalue weighted by Gasteiger charge is 2.25. The largest absolute Gasteiger partial charge is 0.323 e. The van der Waals surface area contributed by atoms with Gasteiger partial charge in [0.2, 0.25) is 0 Å². The van der Waals surface area contributed by atoms with E-state index in [1.165, 1.54) is 16.8 Å². The summed E-state index contributed by atoms with van der Waals surface area (Å²) in [4.78, 5) is 17.7. The molecule has 0 bridgehead atoms.